The standard InChI is InChI=1S/C14H18ClNO3S/c15-13-5-1-4-12(9-13)14(17)16-7-2-3-11-6-8-20(18,19)10-11/h1,4-5,9,11H,2-3,6-8,10H2,(H,16,17). The number of hydrogen-bond acceptors (Lipinski definition) is 3. The highest BCUT2D eigenvalue weighted by Gasteiger charge is 2.27. The van der Waals surface area contributed by atoms with Crippen LogP contribution in [0.5, 0.6) is 0 Å². The molecule has 0 radical (unpaired) electrons. The van der Waals surface area contributed by atoms with Crippen LogP contribution in [0.3, 0.4) is 0 Å². The Morgan fingerprint density at radius 1 is 1.40 bits per heavy atom. The van der Waals surface area contributed by atoms with Crippen LogP contribution < -0.4 is 5.32 Å². The van der Waals surface area contributed by atoms with Crippen LogP contribution in [0.25, 0.3) is 0 Å². The average Bonchev–Trinajstić information content (AvgIpc) is 2.74. The Balaban J connectivity index is 1.70. The molecule has 1 fully saturated rings. The van der Waals surface area contributed by atoms with Crippen LogP contribution >= 0.6 is 11.6 Å². The molecule has 0 aromatic heterocycles. The van der Waals surface area contributed by atoms with E-state index in [9.17, 15) is 13.2 Å². The Kier molecular flexibility index (Phi) is 5.05. The van der Waals surface area contributed by atoms with Crippen LogP contribution in [-0.4, -0.2) is 32.4 Å². The molecule has 1 atom stereocenters. The Morgan fingerprint density at radius 3 is 2.85 bits per heavy atom. The van der Waals surface area contributed by atoms with E-state index in [0.717, 1.165) is 19.3 Å². The average molecular weight is 316 g/mol. The van der Waals surface area contributed by atoms with Gasteiger partial charge in [0.25, 0.3) is 5.91 Å². The van der Waals surface area contributed by atoms with Crippen LogP contribution in [0, 0.1) is 5.92 Å². The molecule has 110 valence electrons. The second-order valence-electron chi connectivity index (χ2n) is 5.18. The van der Waals surface area contributed by atoms with Crippen LogP contribution in [0.1, 0.15) is 29.6 Å². The summed E-state index contributed by atoms with van der Waals surface area (Å²) in [6, 6.07) is 6.80. The number of benzene rings is 1. The summed E-state index contributed by atoms with van der Waals surface area (Å²) in [7, 11) is -2.80. The molecule has 4 nitrogen and oxygen atoms in total. The largest absolute Gasteiger partial charge is 0.352 e. The number of amides is 1. The number of sulfone groups is 1. The number of halogens is 1. The fourth-order valence-corrected chi connectivity index (χ4v) is 4.53. The molecule has 1 saturated heterocycles. The fourth-order valence-electron chi connectivity index (χ4n) is 2.42. The van der Waals surface area contributed by atoms with Gasteiger partial charge in [-0.25, -0.2) is 8.42 Å². The van der Waals surface area contributed by atoms with Gasteiger partial charge >= 0.3 is 0 Å². The summed E-state index contributed by atoms with van der Waals surface area (Å²) >= 11 is 5.83. The second kappa shape index (κ2) is 6.59. The molecule has 2 rings (SSSR count). The molecule has 1 heterocycles. The highest BCUT2D eigenvalue weighted by molar-refractivity contribution is 7.91. The minimum atomic E-state index is -2.80. The third-order valence-electron chi connectivity index (χ3n) is 3.49. The number of nitrogens with one attached hydrogen (secondary N) is 1. The first-order valence-corrected chi connectivity index (χ1v) is 8.90. The van der Waals surface area contributed by atoms with E-state index < -0.39 is 9.84 Å². The molecule has 0 spiro atoms. The first-order valence-electron chi connectivity index (χ1n) is 6.70. The van der Waals surface area contributed by atoms with E-state index in [1.54, 1.807) is 24.3 Å². The van der Waals surface area contributed by atoms with Crippen molar-refractivity contribution in [3.05, 3.63) is 34.9 Å². The smallest absolute Gasteiger partial charge is 0.251 e. The predicted octanol–water partition coefficient (Wildman–Crippen LogP) is 2.28. The summed E-state index contributed by atoms with van der Waals surface area (Å²) in [5.41, 5.74) is 0.543. The van der Waals surface area contributed by atoms with E-state index in [4.69, 9.17) is 11.6 Å². The van der Waals surface area contributed by atoms with Crippen molar-refractivity contribution in [1.29, 1.82) is 0 Å². The molecule has 1 unspecified atom stereocenters. The van der Waals surface area contributed by atoms with E-state index >= 15 is 0 Å². The van der Waals surface area contributed by atoms with Gasteiger partial charge in [0.1, 0.15) is 0 Å². The van der Waals surface area contributed by atoms with Gasteiger partial charge < -0.3 is 5.32 Å². The zero-order valence-electron chi connectivity index (χ0n) is 11.1. The lowest BCUT2D eigenvalue weighted by molar-refractivity contribution is 0.0952. The summed E-state index contributed by atoms with van der Waals surface area (Å²) < 4.78 is 22.6. The van der Waals surface area contributed by atoms with Crippen molar-refractivity contribution in [3.63, 3.8) is 0 Å². The Hall–Kier alpha value is -1.07. The molecule has 0 bridgehead atoms. The Morgan fingerprint density at radius 2 is 2.20 bits per heavy atom. The maximum atomic E-state index is 11.8. The molecule has 20 heavy (non-hydrogen) atoms. The van der Waals surface area contributed by atoms with Crippen molar-refractivity contribution < 1.29 is 13.2 Å². The van der Waals surface area contributed by atoms with Crippen LogP contribution in [0.15, 0.2) is 24.3 Å². The summed E-state index contributed by atoms with van der Waals surface area (Å²) in [6.45, 7) is 0.557. The predicted molar refractivity (Wildman–Crippen MR) is 79.8 cm³/mol. The minimum absolute atomic E-state index is 0.147. The Bertz CT molecular complexity index is 586. The van der Waals surface area contributed by atoms with Gasteiger partial charge in [-0.05, 0) is 43.4 Å². The third-order valence-corrected chi connectivity index (χ3v) is 5.56. The van der Waals surface area contributed by atoms with Gasteiger partial charge in [0.2, 0.25) is 0 Å². The molecule has 1 aromatic carbocycles. The molecule has 1 N–H and O–H groups in total. The number of carbonyl (C=O) groups excluding carboxylic acids is 1. The van der Waals surface area contributed by atoms with Crippen molar-refractivity contribution in [2.24, 2.45) is 5.92 Å². The van der Waals surface area contributed by atoms with Crippen molar-refractivity contribution in [3.8, 4) is 0 Å². The maximum absolute atomic E-state index is 11.8. The van der Waals surface area contributed by atoms with Crippen molar-refractivity contribution in [2.45, 2.75) is 19.3 Å². The molecule has 6 heteroatoms. The number of carbonyl (C=O) groups is 1. The molecular formula is C14H18ClNO3S. The zero-order chi connectivity index (χ0) is 14.6. The first-order chi connectivity index (χ1) is 9.46. The quantitative estimate of drug-likeness (QED) is 0.848. The van der Waals surface area contributed by atoms with Gasteiger partial charge in [0.05, 0.1) is 11.5 Å². The molecule has 0 saturated carbocycles. The lowest BCUT2D eigenvalue weighted by atomic mass is 10.0. The molecule has 0 aliphatic carbocycles. The van der Waals surface area contributed by atoms with Crippen molar-refractivity contribution in [1.82, 2.24) is 5.32 Å². The molecule has 1 aliphatic heterocycles. The SMILES string of the molecule is O=C(NCCCC1CCS(=O)(=O)C1)c1cccc(Cl)c1. The van der Waals surface area contributed by atoms with E-state index in [1.165, 1.54) is 0 Å². The van der Waals surface area contributed by atoms with Crippen LogP contribution in [0.4, 0.5) is 0 Å². The first kappa shape index (κ1) is 15.3. The maximum Gasteiger partial charge on any atom is 0.251 e. The number of rotatable bonds is 5. The normalized spacial score (nSPS) is 20.8. The van der Waals surface area contributed by atoms with Gasteiger partial charge in [-0.2, -0.15) is 0 Å². The number of hydrogen-bond donors (Lipinski definition) is 1. The van der Waals surface area contributed by atoms with Gasteiger partial charge in [-0.15, -0.1) is 0 Å². The molecular weight excluding hydrogens is 298 g/mol. The van der Waals surface area contributed by atoms with Crippen molar-refractivity contribution in [2.75, 3.05) is 18.1 Å². The lowest BCUT2D eigenvalue weighted by Crippen LogP contribution is -2.24. The summed E-state index contributed by atoms with van der Waals surface area (Å²) in [5, 5.41) is 3.36. The minimum Gasteiger partial charge on any atom is -0.352 e. The fraction of sp³-hybridized carbons (Fsp3) is 0.500. The van der Waals surface area contributed by atoms with E-state index in [1.807, 2.05) is 0 Å². The van der Waals surface area contributed by atoms with Crippen LogP contribution in [-0.2, 0) is 9.84 Å². The van der Waals surface area contributed by atoms with E-state index in [0.29, 0.717) is 28.6 Å². The lowest BCUT2D eigenvalue weighted by Gasteiger charge is -2.08. The summed E-state index contributed by atoms with van der Waals surface area (Å²) in [6.07, 6.45) is 2.39. The van der Waals surface area contributed by atoms with E-state index in [2.05, 4.69) is 5.32 Å². The Labute approximate surface area is 124 Å². The molecule has 1 aliphatic rings. The topological polar surface area (TPSA) is 63.2 Å². The highest BCUT2D eigenvalue weighted by atomic mass is 35.5. The van der Waals surface area contributed by atoms with Gasteiger partial charge in [-0.1, -0.05) is 17.7 Å². The molecule has 1 amide bonds. The zero-order valence-corrected chi connectivity index (χ0v) is 12.7. The van der Waals surface area contributed by atoms with E-state index in [-0.39, 0.29) is 11.8 Å². The summed E-state index contributed by atoms with van der Waals surface area (Å²) in [5.74, 6) is 0.719. The second-order valence-corrected chi connectivity index (χ2v) is 7.84. The summed E-state index contributed by atoms with van der Waals surface area (Å²) in [4.78, 5) is 11.8. The van der Waals surface area contributed by atoms with Gasteiger partial charge in [-0.3, -0.25) is 4.79 Å². The third kappa shape index (κ3) is 4.49. The molecule has 1 aromatic rings. The van der Waals surface area contributed by atoms with Gasteiger partial charge in [0, 0.05) is 17.1 Å². The monoisotopic (exact) mass is 315 g/mol. The van der Waals surface area contributed by atoms with Crippen LogP contribution in [0.2, 0.25) is 5.02 Å². The highest BCUT2D eigenvalue weighted by Crippen LogP contribution is 2.22. The van der Waals surface area contributed by atoms with Gasteiger partial charge in [0.15, 0.2) is 9.84 Å². The van der Waals surface area contributed by atoms with Crippen molar-refractivity contribution >= 4 is 27.3 Å².